The number of benzene rings is 2. The van der Waals surface area contributed by atoms with Crippen LogP contribution in [-0.2, 0) is 31.8 Å². The van der Waals surface area contributed by atoms with Crippen LogP contribution >= 0.6 is 0 Å². The van der Waals surface area contributed by atoms with E-state index in [1.54, 1.807) is 65.8 Å². The molecule has 8 heteroatoms. The number of carbonyl (C=O) groups excluding carboxylic acids is 2. The van der Waals surface area contributed by atoms with E-state index in [4.69, 9.17) is 28.4 Å². The van der Waals surface area contributed by atoms with Gasteiger partial charge in [0.1, 0.15) is 22.7 Å². The Hall–Kier alpha value is -3.52. The van der Waals surface area contributed by atoms with Gasteiger partial charge in [-0.2, -0.15) is 0 Å². The second-order valence-corrected chi connectivity index (χ2v) is 12.2. The summed E-state index contributed by atoms with van der Waals surface area (Å²) in [5, 5.41) is 0. The highest BCUT2D eigenvalue weighted by Gasteiger charge is 2.19. The van der Waals surface area contributed by atoms with Crippen molar-refractivity contribution < 1.29 is 38.0 Å². The van der Waals surface area contributed by atoms with E-state index < -0.39 is 23.5 Å². The van der Waals surface area contributed by atoms with Crippen molar-refractivity contribution in [2.45, 2.75) is 104 Å². The van der Waals surface area contributed by atoms with E-state index in [0.717, 1.165) is 55.4 Å². The minimum atomic E-state index is -0.710. The Bertz CT molecular complexity index is 1110. The first-order valence-corrected chi connectivity index (χ1v) is 14.6. The molecular weight excluding hydrogens is 536 g/mol. The molecule has 0 aliphatic heterocycles. The SMILES string of the molecule is C=C(CCC(C)OCCCc1ccc(OC(=O)OC(C)(C)C)cc1)OCCCc1ccc(OC(=O)OC(C)(C)C)cc1. The number of allylic oxidation sites excluding steroid dienone is 1. The van der Waals surface area contributed by atoms with Gasteiger partial charge in [0.25, 0.3) is 0 Å². The Morgan fingerprint density at radius 1 is 0.714 bits per heavy atom. The van der Waals surface area contributed by atoms with Gasteiger partial charge < -0.3 is 28.4 Å². The summed E-state index contributed by atoms with van der Waals surface area (Å²) in [6, 6.07) is 14.8. The summed E-state index contributed by atoms with van der Waals surface area (Å²) in [4.78, 5) is 23.5. The van der Waals surface area contributed by atoms with Gasteiger partial charge in [-0.25, -0.2) is 9.59 Å². The van der Waals surface area contributed by atoms with Gasteiger partial charge in [-0.3, -0.25) is 0 Å². The van der Waals surface area contributed by atoms with Crippen LogP contribution in [-0.4, -0.2) is 42.8 Å². The maximum Gasteiger partial charge on any atom is 0.514 e. The standard InChI is InChI=1S/C34H48O8/c1-25(37-23-9-11-27-15-19-29(20-16-27)39-31(35)41-33(3,4)5)13-14-26(2)38-24-10-12-28-17-21-30(22-18-28)40-32(36)42-34(6,7)8/h15-22,26H,1,9-14,23-24H2,2-8H3. The molecular formula is C34H48O8. The van der Waals surface area contributed by atoms with Gasteiger partial charge in [0.15, 0.2) is 0 Å². The molecule has 0 saturated carbocycles. The van der Waals surface area contributed by atoms with E-state index >= 15 is 0 Å². The summed E-state index contributed by atoms with van der Waals surface area (Å²) >= 11 is 0. The number of hydrogen-bond donors (Lipinski definition) is 0. The molecule has 0 heterocycles. The van der Waals surface area contributed by atoms with Crippen LogP contribution in [0.25, 0.3) is 0 Å². The Morgan fingerprint density at radius 3 is 1.57 bits per heavy atom. The fourth-order valence-corrected chi connectivity index (χ4v) is 3.76. The monoisotopic (exact) mass is 584 g/mol. The van der Waals surface area contributed by atoms with E-state index in [-0.39, 0.29) is 6.10 Å². The molecule has 0 bridgehead atoms. The highest BCUT2D eigenvalue weighted by atomic mass is 16.7. The molecule has 232 valence electrons. The lowest BCUT2D eigenvalue weighted by atomic mass is 10.1. The quantitative estimate of drug-likeness (QED) is 0.0890. The number of hydrogen-bond acceptors (Lipinski definition) is 8. The second kappa shape index (κ2) is 16.8. The van der Waals surface area contributed by atoms with Crippen molar-refractivity contribution in [2.24, 2.45) is 0 Å². The summed E-state index contributed by atoms with van der Waals surface area (Å²) in [5.74, 6) is 1.68. The van der Waals surface area contributed by atoms with Crippen molar-refractivity contribution in [1.82, 2.24) is 0 Å². The van der Waals surface area contributed by atoms with E-state index in [0.29, 0.717) is 24.7 Å². The summed E-state index contributed by atoms with van der Waals surface area (Å²) in [6.45, 7) is 18.1. The maximum atomic E-state index is 11.8. The zero-order valence-corrected chi connectivity index (χ0v) is 26.3. The average molecular weight is 585 g/mol. The first-order valence-electron chi connectivity index (χ1n) is 14.6. The number of ether oxygens (including phenoxy) is 6. The molecule has 0 aliphatic rings. The van der Waals surface area contributed by atoms with Gasteiger partial charge in [0, 0.05) is 13.0 Å². The van der Waals surface area contributed by atoms with Crippen molar-refractivity contribution >= 4 is 12.3 Å². The first-order chi connectivity index (χ1) is 19.7. The lowest BCUT2D eigenvalue weighted by Gasteiger charge is -2.18. The molecule has 1 atom stereocenters. The van der Waals surface area contributed by atoms with Crippen LogP contribution < -0.4 is 9.47 Å². The Labute approximate surface area is 251 Å². The molecule has 0 amide bonds. The third-order valence-electron chi connectivity index (χ3n) is 5.79. The van der Waals surface area contributed by atoms with Gasteiger partial charge in [-0.15, -0.1) is 0 Å². The Balaban J connectivity index is 1.53. The van der Waals surface area contributed by atoms with E-state index in [2.05, 4.69) is 13.5 Å². The van der Waals surface area contributed by atoms with Crippen molar-refractivity contribution in [2.75, 3.05) is 13.2 Å². The predicted molar refractivity (Wildman–Crippen MR) is 163 cm³/mol. The van der Waals surface area contributed by atoms with Crippen LogP contribution in [0, 0.1) is 0 Å². The zero-order chi connectivity index (χ0) is 31.2. The van der Waals surface area contributed by atoms with E-state index in [1.165, 1.54) is 0 Å². The molecule has 42 heavy (non-hydrogen) atoms. The molecule has 0 aromatic heterocycles. The summed E-state index contributed by atoms with van der Waals surface area (Å²) in [5.41, 5.74) is 1.10. The smallest absolute Gasteiger partial charge is 0.499 e. The fraction of sp³-hybridized carbons (Fsp3) is 0.529. The lowest BCUT2D eigenvalue weighted by Crippen LogP contribution is -2.25. The Morgan fingerprint density at radius 2 is 1.14 bits per heavy atom. The maximum absolute atomic E-state index is 11.8. The van der Waals surface area contributed by atoms with Crippen LogP contribution in [0.4, 0.5) is 9.59 Å². The van der Waals surface area contributed by atoms with Crippen LogP contribution in [0.1, 0.15) is 85.3 Å². The topological polar surface area (TPSA) is 89.5 Å². The molecule has 0 N–H and O–H groups in total. The molecule has 0 saturated heterocycles. The summed E-state index contributed by atoms with van der Waals surface area (Å²) < 4.78 is 32.5. The van der Waals surface area contributed by atoms with Crippen LogP contribution in [0.5, 0.6) is 11.5 Å². The van der Waals surface area contributed by atoms with Crippen LogP contribution in [0.2, 0.25) is 0 Å². The van der Waals surface area contributed by atoms with Gasteiger partial charge in [-0.05, 0) is 116 Å². The largest absolute Gasteiger partial charge is 0.514 e. The van der Waals surface area contributed by atoms with Gasteiger partial charge in [0.2, 0.25) is 0 Å². The predicted octanol–water partition coefficient (Wildman–Crippen LogP) is 8.60. The third kappa shape index (κ3) is 16.1. The van der Waals surface area contributed by atoms with Crippen molar-refractivity contribution in [3.8, 4) is 11.5 Å². The molecule has 2 rings (SSSR count). The molecule has 0 spiro atoms. The average Bonchev–Trinajstić information content (AvgIpc) is 2.87. The van der Waals surface area contributed by atoms with Crippen LogP contribution in [0.15, 0.2) is 60.9 Å². The molecule has 0 aliphatic carbocycles. The van der Waals surface area contributed by atoms with E-state index in [9.17, 15) is 9.59 Å². The van der Waals surface area contributed by atoms with Gasteiger partial charge in [-0.1, -0.05) is 30.8 Å². The molecule has 0 radical (unpaired) electrons. The molecule has 8 nitrogen and oxygen atoms in total. The van der Waals surface area contributed by atoms with Crippen molar-refractivity contribution in [3.63, 3.8) is 0 Å². The fourth-order valence-electron chi connectivity index (χ4n) is 3.76. The minimum Gasteiger partial charge on any atom is -0.499 e. The van der Waals surface area contributed by atoms with Crippen LogP contribution in [0.3, 0.4) is 0 Å². The second-order valence-electron chi connectivity index (χ2n) is 12.2. The number of aryl methyl sites for hydroxylation is 2. The molecule has 0 fully saturated rings. The van der Waals surface area contributed by atoms with Crippen molar-refractivity contribution in [1.29, 1.82) is 0 Å². The first kappa shape index (κ1) is 34.7. The number of carbonyl (C=O) groups is 2. The van der Waals surface area contributed by atoms with Crippen molar-refractivity contribution in [3.05, 3.63) is 72.0 Å². The zero-order valence-electron chi connectivity index (χ0n) is 26.3. The Kier molecular flexibility index (Phi) is 13.9. The minimum absolute atomic E-state index is 0.108. The summed E-state index contributed by atoms with van der Waals surface area (Å²) in [7, 11) is 0. The molecule has 2 aromatic rings. The molecule has 2 aromatic carbocycles. The van der Waals surface area contributed by atoms with Gasteiger partial charge in [0.05, 0.1) is 18.5 Å². The van der Waals surface area contributed by atoms with Gasteiger partial charge >= 0.3 is 12.3 Å². The highest BCUT2D eigenvalue weighted by Crippen LogP contribution is 2.18. The lowest BCUT2D eigenvalue weighted by molar-refractivity contribution is 0.0193. The normalized spacial score (nSPS) is 12.3. The number of rotatable bonds is 15. The van der Waals surface area contributed by atoms with E-state index in [1.807, 2.05) is 24.3 Å². The summed E-state index contributed by atoms with van der Waals surface area (Å²) in [6.07, 6.45) is 3.74. The third-order valence-corrected chi connectivity index (χ3v) is 5.79. The molecule has 1 unspecified atom stereocenters. The highest BCUT2D eigenvalue weighted by molar-refractivity contribution is 5.64.